The number of nitrogens with zero attached hydrogens (tertiary/aromatic N) is 1. The highest BCUT2D eigenvalue weighted by Gasteiger charge is 2.34. The van der Waals surface area contributed by atoms with Crippen LogP contribution in [-0.2, 0) is 11.2 Å². The first-order chi connectivity index (χ1) is 11.1. The first-order valence-corrected chi connectivity index (χ1v) is 8.94. The van der Waals surface area contributed by atoms with Crippen molar-refractivity contribution in [1.29, 1.82) is 0 Å². The summed E-state index contributed by atoms with van der Waals surface area (Å²) in [7, 11) is 0. The molecule has 1 aromatic rings. The zero-order valence-corrected chi connectivity index (χ0v) is 13.7. The molecule has 2 fully saturated rings. The average Bonchev–Trinajstić information content (AvgIpc) is 3.19. The lowest BCUT2D eigenvalue weighted by Crippen LogP contribution is -2.43. The van der Waals surface area contributed by atoms with Gasteiger partial charge < -0.3 is 10.6 Å². The predicted molar refractivity (Wildman–Crippen MR) is 89.4 cm³/mol. The van der Waals surface area contributed by atoms with E-state index in [1.54, 1.807) is 12.1 Å². The molecule has 2 saturated carbocycles. The second kappa shape index (κ2) is 7.43. The number of hydrogen-bond donors (Lipinski definition) is 1. The van der Waals surface area contributed by atoms with E-state index >= 15 is 0 Å². The Morgan fingerprint density at radius 1 is 1.22 bits per heavy atom. The number of nitrogens with two attached hydrogens (primary N) is 1. The van der Waals surface area contributed by atoms with E-state index < -0.39 is 0 Å². The van der Waals surface area contributed by atoms with Gasteiger partial charge in [-0.15, -0.1) is 0 Å². The number of carbonyl (C=O) groups is 1. The molecule has 1 amide bonds. The average molecular weight is 318 g/mol. The van der Waals surface area contributed by atoms with Gasteiger partial charge in [0.05, 0.1) is 0 Å². The van der Waals surface area contributed by atoms with E-state index in [0.29, 0.717) is 12.6 Å². The SMILES string of the molecule is NC1CCC(C(=O)N(CCc2cccc(F)c2)C2CCCC2)C1. The lowest BCUT2D eigenvalue weighted by Gasteiger charge is -2.31. The van der Waals surface area contributed by atoms with Gasteiger partial charge in [0.25, 0.3) is 0 Å². The molecule has 2 aliphatic rings. The Hall–Kier alpha value is -1.42. The standard InChI is InChI=1S/C19H27FN2O/c20-16-5-3-4-14(12-16)10-11-22(18-6-1-2-7-18)19(23)15-8-9-17(21)13-15/h3-5,12,15,17-18H,1-2,6-11,13,21H2. The summed E-state index contributed by atoms with van der Waals surface area (Å²) < 4.78 is 13.3. The molecular formula is C19H27FN2O. The van der Waals surface area contributed by atoms with E-state index in [0.717, 1.165) is 44.1 Å². The third-order valence-electron chi connectivity index (χ3n) is 5.40. The molecule has 3 nitrogen and oxygen atoms in total. The van der Waals surface area contributed by atoms with Gasteiger partial charge >= 0.3 is 0 Å². The zero-order chi connectivity index (χ0) is 16.2. The van der Waals surface area contributed by atoms with Crippen LogP contribution >= 0.6 is 0 Å². The van der Waals surface area contributed by atoms with Crippen LogP contribution in [0.25, 0.3) is 0 Å². The Labute approximate surface area is 138 Å². The normalized spacial score (nSPS) is 25.0. The van der Waals surface area contributed by atoms with Crippen LogP contribution < -0.4 is 5.73 Å². The Bertz CT molecular complexity index is 542. The fourth-order valence-corrected chi connectivity index (χ4v) is 4.11. The summed E-state index contributed by atoms with van der Waals surface area (Å²) in [4.78, 5) is 15.0. The van der Waals surface area contributed by atoms with Gasteiger partial charge in [0.2, 0.25) is 5.91 Å². The largest absolute Gasteiger partial charge is 0.339 e. The molecule has 2 N–H and O–H groups in total. The summed E-state index contributed by atoms with van der Waals surface area (Å²) in [6.45, 7) is 0.693. The van der Waals surface area contributed by atoms with Crippen LogP contribution in [0, 0.1) is 11.7 Å². The third-order valence-corrected chi connectivity index (χ3v) is 5.40. The number of hydrogen-bond acceptors (Lipinski definition) is 2. The predicted octanol–water partition coefficient (Wildman–Crippen LogP) is 3.27. The van der Waals surface area contributed by atoms with Gasteiger partial charge in [0.15, 0.2) is 0 Å². The van der Waals surface area contributed by atoms with Gasteiger partial charge in [-0.1, -0.05) is 25.0 Å². The number of rotatable bonds is 5. The van der Waals surface area contributed by atoms with Crippen molar-refractivity contribution in [2.75, 3.05) is 6.54 Å². The van der Waals surface area contributed by atoms with Crippen LogP contribution in [0.1, 0.15) is 50.5 Å². The van der Waals surface area contributed by atoms with Crippen molar-refractivity contribution >= 4 is 5.91 Å². The summed E-state index contributed by atoms with van der Waals surface area (Å²) in [6.07, 6.45) is 8.04. The first-order valence-electron chi connectivity index (χ1n) is 8.94. The molecule has 0 bridgehead atoms. The highest BCUT2D eigenvalue weighted by atomic mass is 19.1. The highest BCUT2D eigenvalue weighted by molar-refractivity contribution is 5.79. The minimum absolute atomic E-state index is 0.0955. The zero-order valence-electron chi connectivity index (χ0n) is 13.7. The summed E-state index contributed by atoms with van der Waals surface area (Å²) in [6, 6.07) is 7.26. The molecule has 2 unspecified atom stereocenters. The highest BCUT2D eigenvalue weighted by Crippen LogP contribution is 2.30. The molecular weight excluding hydrogens is 291 g/mol. The maximum Gasteiger partial charge on any atom is 0.226 e. The summed E-state index contributed by atoms with van der Waals surface area (Å²) >= 11 is 0. The second-order valence-corrected chi connectivity index (χ2v) is 7.12. The van der Waals surface area contributed by atoms with E-state index in [1.807, 2.05) is 6.07 Å². The van der Waals surface area contributed by atoms with Crippen LogP contribution in [-0.4, -0.2) is 29.4 Å². The van der Waals surface area contributed by atoms with Crippen molar-refractivity contribution in [2.24, 2.45) is 11.7 Å². The van der Waals surface area contributed by atoms with Crippen LogP contribution in [0.3, 0.4) is 0 Å². The van der Waals surface area contributed by atoms with Gasteiger partial charge in [0, 0.05) is 24.5 Å². The van der Waals surface area contributed by atoms with Crippen LogP contribution in [0.2, 0.25) is 0 Å². The second-order valence-electron chi connectivity index (χ2n) is 7.12. The molecule has 0 saturated heterocycles. The first kappa shape index (κ1) is 16.4. The fraction of sp³-hybridized carbons (Fsp3) is 0.632. The van der Waals surface area contributed by atoms with Crippen LogP contribution in [0.4, 0.5) is 4.39 Å². The van der Waals surface area contributed by atoms with Gasteiger partial charge in [-0.3, -0.25) is 4.79 Å². The van der Waals surface area contributed by atoms with Crippen molar-refractivity contribution in [3.05, 3.63) is 35.6 Å². The molecule has 3 rings (SSSR count). The molecule has 2 aliphatic carbocycles. The molecule has 0 heterocycles. The molecule has 23 heavy (non-hydrogen) atoms. The summed E-state index contributed by atoms with van der Waals surface area (Å²) in [5.41, 5.74) is 6.95. The van der Waals surface area contributed by atoms with Gasteiger partial charge in [-0.25, -0.2) is 4.39 Å². The van der Waals surface area contributed by atoms with Crippen LogP contribution in [0.15, 0.2) is 24.3 Å². The van der Waals surface area contributed by atoms with E-state index in [4.69, 9.17) is 5.73 Å². The van der Waals surface area contributed by atoms with Gasteiger partial charge in [0.1, 0.15) is 5.82 Å². The maximum absolute atomic E-state index is 13.3. The number of benzene rings is 1. The lowest BCUT2D eigenvalue weighted by molar-refractivity contribution is -0.137. The van der Waals surface area contributed by atoms with Crippen molar-refractivity contribution < 1.29 is 9.18 Å². The molecule has 2 atom stereocenters. The summed E-state index contributed by atoms with van der Waals surface area (Å²) in [5, 5.41) is 0. The van der Waals surface area contributed by atoms with Gasteiger partial charge in [-0.2, -0.15) is 0 Å². The number of halogens is 1. The molecule has 0 radical (unpaired) electrons. The van der Waals surface area contributed by atoms with Crippen molar-refractivity contribution in [2.45, 2.75) is 63.5 Å². The van der Waals surface area contributed by atoms with Crippen LogP contribution in [0.5, 0.6) is 0 Å². The van der Waals surface area contributed by atoms with Crippen molar-refractivity contribution in [1.82, 2.24) is 4.90 Å². The molecule has 126 valence electrons. The van der Waals surface area contributed by atoms with Crippen molar-refractivity contribution in [3.63, 3.8) is 0 Å². The molecule has 0 aliphatic heterocycles. The van der Waals surface area contributed by atoms with E-state index in [1.165, 1.54) is 18.9 Å². The Kier molecular flexibility index (Phi) is 5.31. The minimum Gasteiger partial charge on any atom is -0.339 e. The Balaban J connectivity index is 1.66. The fourth-order valence-electron chi connectivity index (χ4n) is 4.11. The van der Waals surface area contributed by atoms with Gasteiger partial charge in [-0.05, 0) is 56.2 Å². The summed E-state index contributed by atoms with van der Waals surface area (Å²) in [5.74, 6) is 0.169. The smallest absolute Gasteiger partial charge is 0.226 e. The lowest BCUT2D eigenvalue weighted by atomic mass is 10.0. The quantitative estimate of drug-likeness (QED) is 0.906. The molecule has 1 aromatic carbocycles. The number of carbonyl (C=O) groups excluding carboxylic acids is 1. The molecule has 4 heteroatoms. The monoisotopic (exact) mass is 318 g/mol. The Morgan fingerprint density at radius 2 is 2.00 bits per heavy atom. The molecule has 0 aromatic heterocycles. The molecule has 0 spiro atoms. The van der Waals surface area contributed by atoms with Crippen molar-refractivity contribution in [3.8, 4) is 0 Å². The van der Waals surface area contributed by atoms with E-state index in [-0.39, 0.29) is 23.7 Å². The van der Waals surface area contributed by atoms with E-state index in [2.05, 4.69) is 4.90 Å². The van der Waals surface area contributed by atoms with E-state index in [9.17, 15) is 9.18 Å². The Morgan fingerprint density at radius 3 is 2.65 bits per heavy atom. The number of amides is 1. The maximum atomic E-state index is 13.3. The topological polar surface area (TPSA) is 46.3 Å². The minimum atomic E-state index is -0.206. The third kappa shape index (κ3) is 4.11.